The molecular formula is C21H16F6O6. The number of carbonyl (C=O) groups is 3. The molecule has 2 rings (SSSR count). The summed E-state index contributed by atoms with van der Waals surface area (Å²) in [5, 5.41) is 0. The van der Waals surface area contributed by atoms with E-state index in [9.17, 15) is 40.7 Å². The normalized spacial score (nSPS) is 11.6. The van der Waals surface area contributed by atoms with Crippen LogP contribution in [-0.2, 0) is 44.5 Å². The van der Waals surface area contributed by atoms with Crippen molar-refractivity contribution >= 4 is 17.9 Å². The van der Waals surface area contributed by atoms with Gasteiger partial charge in [0.05, 0.1) is 17.5 Å². The van der Waals surface area contributed by atoms with Gasteiger partial charge in [-0.05, 0) is 41.5 Å². The fourth-order valence-corrected chi connectivity index (χ4v) is 2.62. The van der Waals surface area contributed by atoms with Crippen molar-refractivity contribution in [1.82, 2.24) is 0 Å². The summed E-state index contributed by atoms with van der Waals surface area (Å²) in [7, 11) is 0. The first-order valence-electron chi connectivity index (χ1n) is 9.09. The molecule has 0 spiro atoms. The maximum absolute atomic E-state index is 12.9. The first-order chi connectivity index (χ1) is 15.1. The van der Waals surface area contributed by atoms with E-state index in [1.165, 1.54) is 18.2 Å². The van der Waals surface area contributed by atoms with Crippen LogP contribution in [0.4, 0.5) is 26.3 Å². The summed E-state index contributed by atoms with van der Waals surface area (Å²) in [6.45, 7) is 1.36. The van der Waals surface area contributed by atoms with Gasteiger partial charge in [-0.3, -0.25) is 14.4 Å². The topological polar surface area (TPSA) is 78.9 Å². The van der Waals surface area contributed by atoms with Crippen molar-refractivity contribution in [3.63, 3.8) is 0 Å². The van der Waals surface area contributed by atoms with E-state index in [1.54, 1.807) is 0 Å². The number of halogens is 6. The predicted octanol–water partition coefficient (Wildman–Crippen LogP) is 4.86. The van der Waals surface area contributed by atoms with Crippen LogP contribution in [0.1, 0.15) is 36.1 Å². The van der Waals surface area contributed by atoms with Crippen molar-refractivity contribution in [2.45, 2.75) is 39.2 Å². The number of benzene rings is 2. The third kappa shape index (κ3) is 7.81. The average molecular weight is 478 g/mol. The quantitative estimate of drug-likeness (QED) is 0.335. The number of carbonyl (C=O) groups excluding carboxylic acids is 3. The summed E-state index contributed by atoms with van der Waals surface area (Å²) < 4.78 is 92.1. The van der Waals surface area contributed by atoms with E-state index in [1.807, 2.05) is 0 Å². The second-order valence-corrected chi connectivity index (χ2v) is 6.72. The molecule has 6 nitrogen and oxygen atoms in total. The van der Waals surface area contributed by atoms with Gasteiger partial charge in [-0.25, -0.2) is 0 Å². The number of hydrogen-bond donors (Lipinski definition) is 0. The van der Waals surface area contributed by atoms with Crippen LogP contribution in [-0.4, -0.2) is 17.9 Å². The van der Waals surface area contributed by atoms with Gasteiger partial charge in [-0.1, -0.05) is 6.07 Å². The van der Waals surface area contributed by atoms with Crippen molar-refractivity contribution in [3.05, 3.63) is 58.7 Å². The van der Waals surface area contributed by atoms with E-state index in [2.05, 4.69) is 0 Å². The fourth-order valence-electron chi connectivity index (χ4n) is 2.62. The number of rotatable bonds is 6. The van der Waals surface area contributed by atoms with E-state index in [-0.39, 0.29) is 23.1 Å². The van der Waals surface area contributed by atoms with Crippen molar-refractivity contribution in [1.29, 1.82) is 0 Å². The Hall–Kier alpha value is -3.57. The molecule has 0 N–H and O–H groups in total. The predicted molar refractivity (Wildman–Crippen MR) is 99.0 cm³/mol. The first-order valence-corrected chi connectivity index (χ1v) is 9.09. The maximum atomic E-state index is 12.9. The van der Waals surface area contributed by atoms with Crippen LogP contribution in [0.2, 0.25) is 0 Å². The minimum absolute atomic E-state index is 0.0352. The van der Waals surface area contributed by atoms with Gasteiger partial charge in [0.1, 0.15) is 6.61 Å². The van der Waals surface area contributed by atoms with E-state index >= 15 is 0 Å². The number of ether oxygens (including phenoxy) is 3. The highest BCUT2D eigenvalue weighted by Gasteiger charge is 2.37. The van der Waals surface area contributed by atoms with Gasteiger partial charge >= 0.3 is 30.3 Å². The Kier molecular flexibility index (Phi) is 7.72. The van der Waals surface area contributed by atoms with Crippen LogP contribution >= 0.6 is 0 Å². The minimum atomic E-state index is -5.03. The average Bonchev–Trinajstić information content (AvgIpc) is 2.66. The molecule has 0 unspecified atom stereocenters. The van der Waals surface area contributed by atoms with Crippen molar-refractivity contribution in [2.24, 2.45) is 0 Å². The zero-order valence-electron chi connectivity index (χ0n) is 17.1. The molecule has 0 aromatic heterocycles. The van der Waals surface area contributed by atoms with E-state index < -0.39 is 60.0 Å². The molecule has 0 atom stereocenters. The molecule has 178 valence electrons. The Bertz CT molecular complexity index is 1030. The van der Waals surface area contributed by atoms with Gasteiger partial charge in [0.15, 0.2) is 11.5 Å². The molecule has 0 saturated heterocycles. The molecule has 0 heterocycles. The third-order valence-electron chi connectivity index (χ3n) is 3.91. The van der Waals surface area contributed by atoms with Crippen molar-refractivity contribution in [3.8, 4) is 11.5 Å². The molecule has 0 aliphatic heterocycles. The first kappa shape index (κ1) is 25.7. The standard InChI is InChI=1S/C21H16F6O6/c1-11(28)32-17-4-3-13(7-18(17)33-12(2)29)8-19(30)31-10-14-5-15(20(22,23)24)9-16(6-14)21(25,26)27/h3-7,9H,8,10H2,1-2H3. The van der Waals surface area contributed by atoms with Crippen LogP contribution in [0.25, 0.3) is 0 Å². The number of hydrogen-bond acceptors (Lipinski definition) is 6. The summed E-state index contributed by atoms with van der Waals surface area (Å²) in [6.07, 6.45) is -10.5. The Labute approximate surface area is 183 Å². The van der Waals surface area contributed by atoms with Gasteiger partial charge < -0.3 is 14.2 Å². The molecule has 2 aromatic carbocycles. The number of alkyl halides is 6. The highest BCUT2D eigenvalue weighted by molar-refractivity contribution is 5.75. The lowest BCUT2D eigenvalue weighted by atomic mass is 10.1. The highest BCUT2D eigenvalue weighted by Crippen LogP contribution is 2.36. The molecule has 0 saturated carbocycles. The fraction of sp³-hybridized carbons (Fsp3) is 0.286. The summed E-state index contributed by atoms with van der Waals surface area (Å²) in [6, 6.07) is 4.65. The maximum Gasteiger partial charge on any atom is 0.416 e. The Morgan fingerprint density at radius 2 is 1.24 bits per heavy atom. The second-order valence-electron chi connectivity index (χ2n) is 6.72. The number of esters is 3. The van der Waals surface area contributed by atoms with Gasteiger partial charge in [0.2, 0.25) is 0 Å². The molecule has 0 fully saturated rings. The summed E-state index contributed by atoms with van der Waals surface area (Å²) >= 11 is 0. The molecular weight excluding hydrogens is 462 g/mol. The Balaban J connectivity index is 2.17. The minimum Gasteiger partial charge on any atom is -0.461 e. The molecule has 2 aromatic rings. The smallest absolute Gasteiger partial charge is 0.416 e. The molecule has 0 radical (unpaired) electrons. The lowest BCUT2D eigenvalue weighted by Crippen LogP contribution is -2.13. The zero-order chi connectivity index (χ0) is 25.0. The monoisotopic (exact) mass is 478 g/mol. The van der Waals surface area contributed by atoms with Gasteiger partial charge in [-0.15, -0.1) is 0 Å². The zero-order valence-corrected chi connectivity index (χ0v) is 17.1. The molecule has 12 heteroatoms. The highest BCUT2D eigenvalue weighted by atomic mass is 19.4. The molecule has 0 bridgehead atoms. The SMILES string of the molecule is CC(=O)Oc1ccc(CC(=O)OCc2cc(C(F)(F)F)cc(C(F)(F)F)c2)cc1OC(C)=O. The van der Waals surface area contributed by atoms with Crippen molar-refractivity contribution < 1.29 is 54.9 Å². The second kappa shape index (κ2) is 9.92. The van der Waals surface area contributed by atoms with Gasteiger partial charge in [-0.2, -0.15) is 26.3 Å². The van der Waals surface area contributed by atoms with Gasteiger partial charge in [0, 0.05) is 13.8 Å². The summed E-state index contributed by atoms with van der Waals surface area (Å²) in [4.78, 5) is 34.4. The molecule has 0 amide bonds. The van der Waals surface area contributed by atoms with Crippen LogP contribution in [0.3, 0.4) is 0 Å². The third-order valence-corrected chi connectivity index (χ3v) is 3.91. The van der Waals surface area contributed by atoms with Crippen LogP contribution in [0.15, 0.2) is 36.4 Å². The Morgan fingerprint density at radius 3 is 1.73 bits per heavy atom. The summed E-state index contributed by atoms with van der Waals surface area (Å²) in [5.41, 5.74) is -3.35. The van der Waals surface area contributed by atoms with Gasteiger partial charge in [0.25, 0.3) is 0 Å². The van der Waals surface area contributed by atoms with E-state index in [0.29, 0.717) is 12.1 Å². The largest absolute Gasteiger partial charge is 0.461 e. The van der Waals surface area contributed by atoms with E-state index in [4.69, 9.17) is 14.2 Å². The van der Waals surface area contributed by atoms with Crippen LogP contribution < -0.4 is 9.47 Å². The van der Waals surface area contributed by atoms with E-state index in [0.717, 1.165) is 13.8 Å². The Morgan fingerprint density at radius 1 is 0.727 bits per heavy atom. The van der Waals surface area contributed by atoms with Crippen molar-refractivity contribution in [2.75, 3.05) is 0 Å². The lowest BCUT2D eigenvalue weighted by Gasteiger charge is -2.14. The summed E-state index contributed by atoms with van der Waals surface area (Å²) in [5.74, 6) is -2.69. The van der Waals surface area contributed by atoms with Crippen LogP contribution in [0.5, 0.6) is 11.5 Å². The van der Waals surface area contributed by atoms with Crippen LogP contribution in [0, 0.1) is 0 Å². The molecule has 33 heavy (non-hydrogen) atoms. The molecule has 0 aliphatic rings. The molecule has 0 aliphatic carbocycles. The lowest BCUT2D eigenvalue weighted by molar-refractivity contribution is -0.144.